The summed E-state index contributed by atoms with van der Waals surface area (Å²) in [6.07, 6.45) is 0.667. The Morgan fingerprint density at radius 2 is 1.56 bits per heavy atom. The van der Waals surface area contributed by atoms with E-state index in [0.717, 1.165) is 41.3 Å². The molecule has 0 spiro atoms. The molecule has 0 N–H and O–H groups in total. The van der Waals surface area contributed by atoms with Crippen molar-refractivity contribution in [2.75, 3.05) is 6.61 Å². The Labute approximate surface area is 194 Å². The van der Waals surface area contributed by atoms with Gasteiger partial charge < -0.3 is 14.0 Å². The fourth-order valence-corrected chi connectivity index (χ4v) is 3.90. The molecule has 4 rings (SSSR count). The molecular weight excluding hydrogens is 420 g/mol. The number of hydrogen-bond acceptors (Lipinski definition) is 3. The molecule has 32 heavy (non-hydrogen) atoms. The summed E-state index contributed by atoms with van der Waals surface area (Å²) in [6, 6.07) is 24.0. The number of imidazole rings is 1. The normalized spacial score (nSPS) is 12.3. The number of hydrogen-bond donors (Lipinski definition) is 0. The Morgan fingerprint density at radius 3 is 2.28 bits per heavy atom. The SMILES string of the molecule is CC(C)c1ccc(OCCCn2c(C(C)Oc3ccc(Cl)cc3)nc3ccccc32)cc1. The molecule has 4 nitrogen and oxygen atoms in total. The van der Waals surface area contributed by atoms with Crippen LogP contribution in [0.25, 0.3) is 11.0 Å². The van der Waals surface area contributed by atoms with Crippen LogP contribution in [0.4, 0.5) is 0 Å². The predicted molar refractivity (Wildman–Crippen MR) is 131 cm³/mol. The van der Waals surface area contributed by atoms with Crippen LogP contribution < -0.4 is 9.47 Å². The molecule has 0 aliphatic carbocycles. The van der Waals surface area contributed by atoms with Gasteiger partial charge in [-0.25, -0.2) is 4.98 Å². The number of rotatable bonds is 9. The lowest BCUT2D eigenvalue weighted by atomic mass is 10.0. The predicted octanol–water partition coefficient (Wildman–Crippen LogP) is 7.42. The van der Waals surface area contributed by atoms with Gasteiger partial charge in [0.25, 0.3) is 0 Å². The van der Waals surface area contributed by atoms with Crippen molar-refractivity contribution in [2.24, 2.45) is 0 Å². The Morgan fingerprint density at radius 1 is 0.875 bits per heavy atom. The highest BCUT2D eigenvalue weighted by Crippen LogP contribution is 2.26. The molecule has 0 aliphatic heterocycles. The molecule has 0 amide bonds. The number of nitrogens with zero attached hydrogens (tertiary/aromatic N) is 2. The third-order valence-corrected chi connectivity index (χ3v) is 5.77. The van der Waals surface area contributed by atoms with E-state index >= 15 is 0 Å². The quantitative estimate of drug-likeness (QED) is 0.250. The lowest BCUT2D eigenvalue weighted by Crippen LogP contribution is -2.13. The first-order valence-electron chi connectivity index (χ1n) is 11.1. The van der Waals surface area contributed by atoms with Gasteiger partial charge in [-0.1, -0.05) is 49.7 Å². The van der Waals surface area contributed by atoms with E-state index in [1.807, 2.05) is 49.4 Å². The average molecular weight is 449 g/mol. The lowest BCUT2D eigenvalue weighted by Gasteiger charge is -2.17. The molecule has 1 atom stereocenters. The number of ether oxygens (including phenoxy) is 2. The van der Waals surface area contributed by atoms with E-state index in [1.54, 1.807) is 0 Å². The molecule has 166 valence electrons. The number of aromatic nitrogens is 2. The van der Waals surface area contributed by atoms with Crippen LogP contribution in [-0.2, 0) is 6.54 Å². The van der Waals surface area contributed by atoms with E-state index in [4.69, 9.17) is 26.1 Å². The number of halogens is 1. The van der Waals surface area contributed by atoms with Crippen LogP contribution in [0.5, 0.6) is 11.5 Å². The van der Waals surface area contributed by atoms with Gasteiger partial charge in [0, 0.05) is 11.6 Å². The first-order chi connectivity index (χ1) is 15.5. The van der Waals surface area contributed by atoms with Crippen molar-refractivity contribution in [3.8, 4) is 11.5 Å². The van der Waals surface area contributed by atoms with E-state index in [1.165, 1.54) is 5.56 Å². The summed E-state index contributed by atoms with van der Waals surface area (Å²) >= 11 is 6.00. The molecule has 0 radical (unpaired) electrons. The highest BCUT2D eigenvalue weighted by atomic mass is 35.5. The van der Waals surface area contributed by atoms with Crippen LogP contribution >= 0.6 is 11.6 Å². The van der Waals surface area contributed by atoms with Gasteiger partial charge in [0.1, 0.15) is 11.5 Å². The third kappa shape index (κ3) is 5.25. The zero-order valence-electron chi connectivity index (χ0n) is 18.8. The summed E-state index contributed by atoms with van der Waals surface area (Å²) in [7, 11) is 0. The average Bonchev–Trinajstić information content (AvgIpc) is 3.17. The van der Waals surface area contributed by atoms with Crippen LogP contribution in [0, 0.1) is 0 Å². The van der Waals surface area contributed by atoms with Gasteiger partial charge in [-0.3, -0.25) is 0 Å². The molecule has 3 aromatic carbocycles. The van der Waals surface area contributed by atoms with Crippen molar-refractivity contribution in [1.82, 2.24) is 9.55 Å². The Balaban J connectivity index is 1.44. The topological polar surface area (TPSA) is 36.3 Å². The standard InChI is InChI=1S/C27H29ClN2O2/c1-19(2)21-9-13-23(14-10-21)31-18-6-17-30-26-8-5-4-7-25(26)29-27(30)20(3)32-24-15-11-22(28)12-16-24/h4-5,7-16,19-20H,6,17-18H2,1-3H3. The molecule has 4 aromatic rings. The molecule has 0 saturated carbocycles. The molecular formula is C27H29ClN2O2. The number of benzene rings is 3. The van der Waals surface area contributed by atoms with Crippen molar-refractivity contribution in [2.45, 2.75) is 45.8 Å². The summed E-state index contributed by atoms with van der Waals surface area (Å²) < 4.78 is 14.4. The van der Waals surface area contributed by atoms with E-state index in [9.17, 15) is 0 Å². The zero-order valence-corrected chi connectivity index (χ0v) is 19.5. The van der Waals surface area contributed by atoms with Gasteiger partial charge in [-0.15, -0.1) is 0 Å². The fraction of sp³-hybridized carbons (Fsp3) is 0.296. The maximum Gasteiger partial charge on any atom is 0.153 e. The number of fused-ring (bicyclic) bond motifs is 1. The smallest absolute Gasteiger partial charge is 0.153 e. The van der Waals surface area contributed by atoms with Gasteiger partial charge in [0.2, 0.25) is 0 Å². The zero-order chi connectivity index (χ0) is 22.5. The van der Waals surface area contributed by atoms with Crippen molar-refractivity contribution in [3.05, 3.63) is 89.2 Å². The molecule has 0 fully saturated rings. The molecule has 0 saturated heterocycles. The van der Waals surface area contributed by atoms with E-state index in [0.29, 0.717) is 17.5 Å². The molecule has 1 unspecified atom stereocenters. The molecule has 0 bridgehead atoms. The fourth-order valence-electron chi connectivity index (χ4n) is 3.77. The minimum Gasteiger partial charge on any atom is -0.494 e. The minimum absolute atomic E-state index is 0.201. The lowest BCUT2D eigenvalue weighted by molar-refractivity contribution is 0.210. The maximum atomic E-state index is 6.16. The van der Waals surface area contributed by atoms with Crippen LogP contribution in [0.2, 0.25) is 5.02 Å². The van der Waals surface area contributed by atoms with Crippen molar-refractivity contribution in [3.63, 3.8) is 0 Å². The van der Waals surface area contributed by atoms with E-state index in [-0.39, 0.29) is 6.10 Å². The van der Waals surface area contributed by atoms with E-state index < -0.39 is 0 Å². The van der Waals surface area contributed by atoms with Crippen molar-refractivity contribution in [1.29, 1.82) is 0 Å². The first-order valence-corrected chi connectivity index (χ1v) is 11.5. The summed E-state index contributed by atoms with van der Waals surface area (Å²) in [5, 5.41) is 0.691. The van der Waals surface area contributed by atoms with Gasteiger partial charge in [0.05, 0.1) is 17.6 Å². The highest BCUT2D eigenvalue weighted by Gasteiger charge is 2.18. The monoisotopic (exact) mass is 448 g/mol. The maximum absolute atomic E-state index is 6.16. The number of para-hydroxylation sites is 2. The largest absolute Gasteiger partial charge is 0.494 e. The first kappa shape index (κ1) is 22.2. The Bertz CT molecular complexity index is 1150. The molecule has 1 heterocycles. The molecule has 1 aromatic heterocycles. The second-order valence-corrected chi connectivity index (χ2v) is 8.69. The Hall–Kier alpha value is -2.98. The van der Waals surface area contributed by atoms with Crippen LogP contribution in [0.15, 0.2) is 72.8 Å². The van der Waals surface area contributed by atoms with Gasteiger partial charge in [-0.05, 0) is 73.4 Å². The van der Waals surface area contributed by atoms with Crippen LogP contribution in [0.3, 0.4) is 0 Å². The van der Waals surface area contributed by atoms with Gasteiger partial charge in [0.15, 0.2) is 11.9 Å². The highest BCUT2D eigenvalue weighted by molar-refractivity contribution is 6.30. The second kappa shape index (κ2) is 10.1. The third-order valence-electron chi connectivity index (χ3n) is 5.52. The molecule has 5 heteroatoms. The summed E-state index contributed by atoms with van der Waals surface area (Å²) in [4.78, 5) is 4.86. The minimum atomic E-state index is -0.201. The summed E-state index contributed by atoms with van der Waals surface area (Å²) in [5.41, 5.74) is 3.40. The summed E-state index contributed by atoms with van der Waals surface area (Å²) in [5.74, 6) is 3.11. The molecule has 0 aliphatic rings. The van der Waals surface area contributed by atoms with Gasteiger partial charge in [-0.2, -0.15) is 0 Å². The Kier molecular flexibility index (Phi) is 7.01. The second-order valence-electron chi connectivity index (χ2n) is 8.25. The van der Waals surface area contributed by atoms with Crippen molar-refractivity contribution < 1.29 is 9.47 Å². The van der Waals surface area contributed by atoms with E-state index in [2.05, 4.69) is 48.7 Å². The summed E-state index contributed by atoms with van der Waals surface area (Å²) in [6.45, 7) is 7.85. The number of aryl methyl sites for hydroxylation is 1. The van der Waals surface area contributed by atoms with Gasteiger partial charge >= 0.3 is 0 Å². The van der Waals surface area contributed by atoms with Crippen LogP contribution in [0.1, 0.15) is 50.6 Å². The van der Waals surface area contributed by atoms with Crippen molar-refractivity contribution >= 4 is 22.6 Å². The van der Waals surface area contributed by atoms with Crippen LogP contribution in [-0.4, -0.2) is 16.2 Å².